The molecule has 3 N–H and O–H groups in total. The van der Waals surface area contributed by atoms with Gasteiger partial charge in [0.25, 0.3) is 0 Å². The monoisotopic (exact) mass is 454 g/mol. The maximum Gasteiger partial charge on any atom is 0.164 e. The van der Waals surface area contributed by atoms with Gasteiger partial charge in [-0.05, 0) is 43.7 Å². The zero-order chi connectivity index (χ0) is 23.2. The summed E-state index contributed by atoms with van der Waals surface area (Å²) < 4.78 is 44.8. The first-order valence-electron chi connectivity index (χ1n) is 10.9. The first-order chi connectivity index (χ1) is 16.1. The van der Waals surface area contributed by atoms with Gasteiger partial charge in [0, 0.05) is 6.54 Å². The molecule has 0 unspecified atom stereocenters. The number of nitrogens with zero attached hydrogens (tertiary/aromatic N) is 4. The molecule has 33 heavy (non-hydrogen) atoms. The second kappa shape index (κ2) is 10.4. The van der Waals surface area contributed by atoms with E-state index in [-0.39, 0.29) is 23.7 Å². The van der Waals surface area contributed by atoms with Gasteiger partial charge < -0.3 is 15.6 Å². The topological polar surface area (TPSA) is 81.7 Å². The van der Waals surface area contributed by atoms with Crippen molar-refractivity contribution in [3.63, 3.8) is 0 Å². The molecule has 0 fully saturated rings. The third-order valence-electron chi connectivity index (χ3n) is 5.37. The number of benzene rings is 2. The van der Waals surface area contributed by atoms with Gasteiger partial charge >= 0.3 is 0 Å². The molecule has 4 aromatic rings. The van der Waals surface area contributed by atoms with Crippen molar-refractivity contribution in [1.29, 1.82) is 0 Å². The molecule has 4 rings (SSSR count). The number of hydrogen-bond donors (Lipinski definition) is 2. The van der Waals surface area contributed by atoms with Gasteiger partial charge in [0.1, 0.15) is 34.6 Å². The number of aromatic nitrogens is 4. The van der Waals surface area contributed by atoms with Crippen LogP contribution in [-0.2, 0) is 13.1 Å². The zero-order valence-corrected chi connectivity index (χ0v) is 18.1. The fourth-order valence-electron chi connectivity index (χ4n) is 3.70. The summed E-state index contributed by atoms with van der Waals surface area (Å²) in [7, 11) is 0. The van der Waals surface area contributed by atoms with Crippen LogP contribution in [0.5, 0.6) is 0 Å². The first-order valence-corrected chi connectivity index (χ1v) is 10.9. The molecule has 0 saturated heterocycles. The third-order valence-corrected chi connectivity index (χ3v) is 5.37. The van der Waals surface area contributed by atoms with Crippen LogP contribution in [0.2, 0.25) is 0 Å². The van der Waals surface area contributed by atoms with Crippen molar-refractivity contribution in [1.82, 2.24) is 19.5 Å². The Kier molecular flexibility index (Phi) is 7.19. The van der Waals surface area contributed by atoms with Gasteiger partial charge in [-0.1, -0.05) is 31.0 Å². The van der Waals surface area contributed by atoms with Crippen LogP contribution < -0.4 is 11.1 Å². The largest absolute Gasteiger partial charge is 0.375 e. The summed E-state index contributed by atoms with van der Waals surface area (Å²) in [6, 6.07) is 10.1. The number of nitrogens with two attached hydrogens (primary N) is 1. The molecule has 9 heteroatoms. The van der Waals surface area contributed by atoms with Gasteiger partial charge in [0.2, 0.25) is 0 Å². The molecular formula is C24H25F3N6. The summed E-state index contributed by atoms with van der Waals surface area (Å²) in [6.45, 7) is 1.30. The molecule has 172 valence electrons. The van der Waals surface area contributed by atoms with Gasteiger partial charge in [0.05, 0.1) is 24.0 Å². The molecule has 0 atom stereocenters. The highest BCUT2D eigenvalue weighted by atomic mass is 19.1. The average molecular weight is 455 g/mol. The molecule has 0 amide bonds. The van der Waals surface area contributed by atoms with Crippen molar-refractivity contribution in [3.8, 4) is 11.4 Å². The second-order valence-electron chi connectivity index (χ2n) is 7.72. The molecule has 6 nitrogen and oxygen atoms in total. The number of para-hydroxylation sites is 1. The standard InChI is InChI=1S/C24H25F3N6/c25-16-8-3-4-11-19(16)29-15-21-30-14-20-23(32-21)33(13-6-2-1-5-12-28)24(31-20)22-17(26)9-7-10-18(22)27/h3-4,7-11,14,29H,1-2,5-6,12-13,15,28H2. The van der Waals surface area contributed by atoms with Crippen LogP contribution >= 0.6 is 0 Å². The van der Waals surface area contributed by atoms with Crippen molar-refractivity contribution in [2.24, 2.45) is 5.73 Å². The summed E-state index contributed by atoms with van der Waals surface area (Å²) in [5.41, 5.74) is 6.62. The molecule has 0 aliphatic heterocycles. The van der Waals surface area contributed by atoms with Crippen LogP contribution in [0.1, 0.15) is 31.5 Å². The Bertz CT molecular complexity index is 1220. The number of anilines is 1. The molecule has 0 saturated carbocycles. The van der Waals surface area contributed by atoms with Gasteiger partial charge in [0.15, 0.2) is 5.65 Å². The highest BCUT2D eigenvalue weighted by molar-refractivity contribution is 5.77. The molecule has 0 radical (unpaired) electrons. The number of nitrogens with one attached hydrogen (secondary N) is 1. The predicted molar refractivity (Wildman–Crippen MR) is 122 cm³/mol. The summed E-state index contributed by atoms with van der Waals surface area (Å²) >= 11 is 0. The molecular weight excluding hydrogens is 429 g/mol. The van der Waals surface area contributed by atoms with Gasteiger partial charge in [-0.3, -0.25) is 0 Å². The second-order valence-corrected chi connectivity index (χ2v) is 7.72. The molecule has 2 aromatic carbocycles. The van der Waals surface area contributed by atoms with E-state index >= 15 is 0 Å². The maximum atomic E-state index is 14.6. The Morgan fingerprint density at radius 1 is 0.848 bits per heavy atom. The fraction of sp³-hybridized carbons (Fsp3) is 0.292. The Hall–Kier alpha value is -3.46. The Morgan fingerprint density at radius 3 is 2.33 bits per heavy atom. The van der Waals surface area contributed by atoms with Crippen molar-refractivity contribution in [3.05, 3.63) is 71.9 Å². The highest BCUT2D eigenvalue weighted by Gasteiger charge is 2.21. The van der Waals surface area contributed by atoms with E-state index in [1.165, 1.54) is 30.5 Å². The van der Waals surface area contributed by atoms with Gasteiger partial charge in [-0.15, -0.1) is 0 Å². The summed E-state index contributed by atoms with van der Waals surface area (Å²) in [6.07, 6.45) is 5.12. The minimum Gasteiger partial charge on any atom is -0.375 e. The zero-order valence-electron chi connectivity index (χ0n) is 18.1. The van der Waals surface area contributed by atoms with E-state index < -0.39 is 11.6 Å². The Balaban J connectivity index is 1.68. The van der Waals surface area contributed by atoms with Crippen molar-refractivity contribution < 1.29 is 13.2 Å². The number of rotatable bonds is 10. The van der Waals surface area contributed by atoms with Gasteiger partial charge in [-0.25, -0.2) is 28.1 Å². The van der Waals surface area contributed by atoms with E-state index in [9.17, 15) is 13.2 Å². The number of aryl methyl sites for hydroxylation is 1. The van der Waals surface area contributed by atoms with Crippen LogP contribution in [-0.4, -0.2) is 26.1 Å². The molecule has 2 aromatic heterocycles. The predicted octanol–water partition coefficient (Wildman–Crippen LogP) is 5.04. The maximum absolute atomic E-state index is 14.6. The van der Waals surface area contributed by atoms with E-state index in [0.717, 1.165) is 25.7 Å². The third kappa shape index (κ3) is 5.14. The van der Waals surface area contributed by atoms with Crippen LogP contribution in [0.4, 0.5) is 18.9 Å². The number of unbranched alkanes of at least 4 members (excludes halogenated alkanes) is 3. The highest BCUT2D eigenvalue weighted by Crippen LogP contribution is 2.29. The lowest BCUT2D eigenvalue weighted by Crippen LogP contribution is -2.08. The van der Waals surface area contributed by atoms with E-state index in [4.69, 9.17) is 5.73 Å². The number of imidazole rings is 1. The van der Waals surface area contributed by atoms with E-state index in [1.807, 2.05) is 0 Å². The lowest BCUT2D eigenvalue weighted by atomic mass is 10.1. The van der Waals surface area contributed by atoms with Crippen molar-refractivity contribution in [2.75, 3.05) is 11.9 Å². The van der Waals surface area contributed by atoms with Crippen molar-refractivity contribution in [2.45, 2.75) is 38.8 Å². The number of fused-ring (bicyclic) bond motifs is 1. The van der Waals surface area contributed by atoms with Crippen LogP contribution in [0.15, 0.2) is 48.7 Å². The summed E-state index contributed by atoms with van der Waals surface area (Å²) in [4.78, 5) is 13.3. The molecule has 2 heterocycles. The lowest BCUT2D eigenvalue weighted by molar-refractivity contribution is 0.568. The summed E-state index contributed by atoms with van der Waals surface area (Å²) in [5.74, 6) is -1.17. The molecule has 0 aliphatic rings. The van der Waals surface area contributed by atoms with E-state index in [1.54, 1.807) is 22.8 Å². The van der Waals surface area contributed by atoms with E-state index in [2.05, 4.69) is 20.3 Å². The minimum absolute atomic E-state index is 0.174. The molecule has 0 spiro atoms. The molecule has 0 bridgehead atoms. The SMILES string of the molecule is NCCCCCCn1c(-c2c(F)cccc2F)nc2cnc(CNc3ccccc3F)nc21. The Morgan fingerprint density at radius 2 is 1.58 bits per heavy atom. The van der Waals surface area contributed by atoms with Crippen LogP contribution in [0.3, 0.4) is 0 Å². The van der Waals surface area contributed by atoms with Gasteiger partial charge in [-0.2, -0.15) is 0 Å². The number of hydrogen-bond acceptors (Lipinski definition) is 5. The first kappa shape index (κ1) is 22.7. The lowest BCUT2D eigenvalue weighted by Gasteiger charge is -2.11. The minimum atomic E-state index is -0.691. The fourth-order valence-corrected chi connectivity index (χ4v) is 3.70. The smallest absolute Gasteiger partial charge is 0.164 e. The van der Waals surface area contributed by atoms with Crippen molar-refractivity contribution >= 4 is 16.9 Å². The number of halogens is 3. The summed E-state index contributed by atoms with van der Waals surface area (Å²) in [5, 5.41) is 2.97. The normalized spacial score (nSPS) is 11.3. The quantitative estimate of drug-likeness (QED) is 0.328. The van der Waals surface area contributed by atoms with E-state index in [0.29, 0.717) is 35.8 Å². The van der Waals surface area contributed by atoms with Crippen LogP contribution in [0, 0.1) is 17.5 Å². The molecule has 0 aliphatic carbocycles. The van der Waals surface area contributed by atoms with Crippen LogP contribution in [0.25, 0.3) is 22.6 Å². The average Bonchev–Trinajstić information content (AvgIpc) is 3.15. The Labute approximate surface area is 189 Å².